The molecule has 0 radical (unpaired) electrons. The van der Waals surface area contributed by atoms with E-state index in [-0.39, 0.29) is 5.82 Å². The van der Waals surface area contributed by atoms with E-state index in [1.165, 1.54) is 12.1 Å². The van der Waals surface area contributed by atoms with Crippen LogP contribution in [0.1, 0.15) is 12.6 Å². The van der Waals surface area contributed by atoms with Crippen LogP contribution in [-0.2, 0) is 7.05 Å². The molecule has 0 bridgehead atoms. The highest BCUT2D eigenvalue weighted by atomic mass is 35.5. The monoisotopic (exact) mass is 301 g/mol. The molecule has 0 aliphatic heterocycles. The van der Waals surface area contributed by atoms with Gasteiger partial charge in [0, 0.05) is 12.6 Å². The third-order valence-electron chi connectivity index (χ3n) is 3.37. The zero-order valence-corrected chi connectivity index (χ0v) is 12.4. The highest BCUT2D eigenvalue weighted by Gasteiger charge is 2.14. The van der Waals surface area contributed by atoms with Crippen LogP contribution in [0, 0.1) is 5.82 Å². The second-order valence-electron chi connectivity index (χ2n) is 4.95. The van der Waals surface area contributed by atoms with Gasteiger partial charge in [0.25, 0.3) is 0 Å². The number of fused-ring (bicyclic) bond motifs is 1. The summed E-state index contributed by atoms with van der Waals surface area (Å²) in [5, 5.41) is 0.342. The molecule has 0 amide bonds. The number of hydrogen-bond acceptors (Lipinski definition) is 2. The highest BCUT2D eigenvalue weighted by molar-refractivity contribution is 6.33. The molecule has 2 aromatic heterocycles. The summed E-state index contributed by atoms with van der Waals surface area (Å²) in [5.74, 6) is 0.439. The van der Waals surface area contributed by atoms with Crippen molar-refractivity contribution in [3.05, 3.63) is 53.6 Å². The van der Waals surface area contributed by atoms with Crippen LogP contribution < -0.4 is 0 Å². The minimum Gasteiger partial charge on any atom is -0.327 e. The quantitative estimate of drug-likeness (QED) is 0.654. The number of allylic oxidation sites excluding steroid dienone is 1. The molecule has 0 atom stereocenters. The van der Waals surface area contributed by atoms with Crippen molar-refractivity contribution in [1.29, 1.82) is 0 Å². The van der Waals surface area contributed by atoms with Gasteiger partial charge in [-0.2, -0.15) is 0 Å². The Morgan fingerprint density at radius 1 is 1.24 bits per heavy atom. The number of pyridine rings is 1. The number of benzene rings is 1. The fourth-order valence-electron chi connectivity index (χ4n) is 2.22. The minimum atomic E-state index is -0.276. The Morgan fingerprint density at radius 2 is 1.90 bits per heavy atom. The van der Waals surface area contributed by atoms with Crippen molar-refractivity contribution in [1.82, 2.24) is 14.5 Å². The first-order chi connectivity index (χ1) is 9.97. The van der Waals surface area contributed by atoms with E-state index < -0.39 is 0 Å². The molecular weight excluding hydrogens is 289 g/mol. The van der Waals surface area contributed by atoms with Crippen LogP contribution in [0.5, 0.6) is 0 Å². The van der Waals surface area contributed by atoms with E-state index in [1.807, 2.05) is 24.6 Å². The maximum absolute atomic E-state index is 13.0. The van der Waals surface area contributed by atoms with Crippen molar-refractivity contribution in [2.75, 3.05) is 0 Å². The Hall–Kier alpha value is -2.20. The topological polar surface area (TPSA) is 30.7 Å². The first kappa shape index (κ1) is 13.8. The molecule has 5 heteroatoms. The van der Waals surface area contributed by atoms with E-state index in [2.05, 4.69) is 16.5 Å². The van der Waals surface area contributed by atoms with E-state index in [4.69, 9.17) is 11.6 Å². The second kappa shape index (κ2) is 4.97. The number of halogens is 2. The average Bonchev–Trinajstić information content (AvgIpc) is 2.78. The van der Waals surface area contributed by atoms with Crippen molar-refractivity contribution in [2.45, 2.75) is 6.92 Å². The van der Waals surface area contributed by atoms with E-state index in [9.17, 15) is 4.39 Å². The third kappa shape index (κ3) is 2.32. The maximum Gasteiger partial charge on any atom is 0.157 e. The molecule has 0 aliphatic rings. The van der Waals surface area contributed by atoms with E-state index in [0.717, 1.165) is 22.3 Å². The standard InChI is InChI=1S/C16H13ClFN3/c1-9(2)12-8-13-14(15(17)19-12)20-16(21(13)3)10-4-6-11(18)7-5-10/h4-8H,1H2,2-3H3. The lowest BCUT2D eigenvalue weighted by Crippen LogP contribution is -1.93. The third-order valence-corrected chi connectivity index (χ3v) is 3.63. The molecule has 0 N–H and O–H groups in total. The Kier molecular flexibility index (Phi) is 3.26. The van der Waals surface area contributed by atoms with Crippen molar-refractivity contribution < 1.29 is 4.39 Å². The van der Waals surface area contributed by atoms with Gasteiger partial charge in [-0.15, -0.1) is 0 Å². The molecule has 0 fully saturated rings. The van der Waals surface area contributed by atoms with Crippen LogP contribution in [0.2, 0.25) is 5.15 Å². The summed E-state index contributed by atoms with van der Waals surface area (Å²) in [4.78, 5) is 8.82. The molecule has 0 unspecified atom stereocenters. The summed E-state index contributed by atoms with van der Waals surface area (Å²) in [6, 6.07) is 8.11. The molecule has 0 spiro atoms. The van der Waals surface area contributed by atoms with Gasteiger partial charge < -0.3 is 4.57 Å². The summed E-state index contributed by atoms with van der Waals surface area (Å²) in [7, 11) is 1.90. The van der Waals surface area contributed by atoms with Gasteiger partial charge >= 0.3 is 0 Å². The van der Waals surface area contributed by atoms with Gasteiger partial charge in [0.1, 0.15) is 17.2 Å². The van der Waals surface area contributed by atoms with Gasteiger partial charge in [-0.05, 0) is 42.8 Å². The van der Waals surface area contributed by atoms with E-state index >= 15 is 0 Å². The molecule has 2 heterocycles. The lowest BCUT2D eigenvalue weighted by molar-refractivity contribution is 0.628. The van der Waals surface area contributed by atoms with E-state index in [1.54, 1.807) is 12.1 Å². The zero-order chi connectivity index (χ0) is 15.1. The molecule has 106 valence electrons. The first-order valence-corrected chi connectivity index (χ1v) is 6.80. The van der Waals surface area contributed by atoms with Crippen molar-refractivity contribution in [2.24, 2.45) is 7.05 Å². The number of nitrogens with zero attached hydrogens (tertiary/aromatic N) is 3. The van der Waals surface area contributed by atoms with Gasteiger partial charge in [-0.25, -0.2) is 14.4 Å². The second-order valence-corrected chi connectivity index (χ2v) is 5.31. The fourth-order valence-corrected chi connectivity index (χ4v) is 2.45. The first-order valence-electron chi connectivity index (χ1n) is 6.42. The normalized spacial score (nSPS) is 11.0. The van der Waals surface area contributed by atoms with Crippen LogP contribution in [0.15, 0.2) is 36.9 Å². The van der Waals surface area contributed by atoms with E-state index in [0.29, 0.717) is 16.5 Å². The molecule has 21 heavy (non-hydrogen) atoms. The summed E-state index contributed by atoms with van der Waals surface area (Å²) < 4.78 is 15.0. The minimum absolute atomic E-state index is 0.276. The van der Waals surface area contributed by atoms with Crippen molar-refractivity contribution in [3.63, 3.8) is 0 Å². The Balaban J connectivity index is 2.26. The lowest BCUT2D eigenvalue weighted by atomic mass is 10.2. The van der Waals surface area contributed by atoms with Gasteiger partial charge in [-0.3, -0.25) is 0 Å². The molecule has 1 aromatic carbocycles. The van der Waals surface area contributed by atoms with Crippen LogP contribution in [-0.4, -0.2) is 14.5 Å². The van der Waals surface area contributed by atoms with Crippen LogP contribution in [0.4, 0.5) is 4.39 Å². The number of imidazole rings is 1. The molecule has 3 rings (SSSR count). The Labute approximate surface area is 126 Å². The van der Waals surface area contributed by atoms with Crippen LogP contribution in [0.3, 0.4) is 0 Å². The molecule has 0 saturated carbocycles. The summed E-state index contributed by atoms with van der Waals surface area (Å²) >= 11 is 6.22. The fraction of sp³-hybridized carbons (Fsp3) is 0.125. The number of aryl methyl sites for hydroxylation is 1. The Morgan fingerprint density at radius 3 is 2.52 bits per heavy atom. The van der Waals surface area contributed by atoms with Gasteiger partial charge in [0.2, 0.25) is 0 Å². The molecular formula is C16H13ClFN3. The predicted octanol–water partition coefficient (Wildman–Crippen LogP) is 4.46. The average molecular weight is 302 g/mol. The van der Waals surface area contributed by atoms with Crippen LogP contribution in [0.25, 0.3) is 28.0 Å². The number of rotatable bonds is 2. The summed E-state index contributed by atoms with van der Waals surface area (Å²) in [5.41, 5.74) is 3.89. The summed E-state index contributed by atoms with van der Waals surface area (Å²) in [6.07, 6.45) is 0. The SMILES string of the molecule is C=C(C)c1cc2c(nc(-c3ccc(F)cc3)n2C)c(Cl)n1. The van der Waals surface area contributed by atoms with Crippen LogP contribution >= 0.6 is 11.6 Å². The molecule has 3 nitrogen and oxygen atoms in total. The van der Waals surface area contributed by atoms with Gasteiger partial charge in [0.15, 0.2) is 5.15 Å². The highest BCUT2D eigenvalue weighted by Crippen LogP contribution is 2.29. The summed E-state index contributed by atoms with van der Waals surface area (Å²) in [6.45, 7) is 5.76. The smallest absolute Gasteiger partial charge is 0.157 e. The Bertz CT molecular complexity index is 850. The van der Waals surface area contributed by atoms with Gasteiger partial charge in [0.05, 0.1) is 11.2 Å². The largest absolute Gasteiger partial charge is 0.327 e. The number of hydrogen-bond donors (Lipinski definition) is 0. The molecule has 0 saturated heterocycles. The molecule has 0 aliphatic carbocycles. The predicted molar refractivity (Wildman–Crippen MR) is 83.6 cm³/mol. The lowest BCUT2D eigenvalue weighted by Gasteiger charge is -2.04. The van der Waals surface area contributed by atoms with Gasteiger partial charge in [-0.1, -0.05) is 18.2 Å². The van der Waals surface area contributed by atoms with Crippen molar-refractivity contribution in [3.8, 4) is 11.4 Å². The maximum atomic E-state index is 13.0. The molecule has 3 aromatic rings. The number of aromatic nitrogens is 3. The zero-order valence-electron chi connectivity index (χ0n) is 11.7. The van der Waals surface area contributed by atoms with Crippen molar-refractivity contribution >= 4 is 28.2 Å².